The highest BCUT2D eigenvalue weighted by Crippen LogP contribution is 2.14. The molecular weight excluding hydrogens is 390 g/mol. The van der Waals surface area contributed by atoms with Gasteiger partial charge in [-0.1, -0.05) is 36.4 Å². The summed E-state index contributed by atoms with van der Waals surface area (Å²) in [5.41, 5.74) is 2.21. The normalized spacial score (nSPS) is 11.0. The molecule has 0 fully saturated rings. The average Bonchev–Trinajstić information content (AvgIpc) is 3.18. The second kappa shape index (κ2) is 7.90. The van der Waals surface area contributed by atoms with Gasteiger partial charge in [-0.3, -0.25) is 14.7 Å². The van der Waals surface area contributed by atoms with Crippen LogP contribution in [0.25, 0.3) is 5.65 Å². The van der Waals surface area contributed by atoms with Crippen molar-refractivity contribution in [3.63, 3.8) is 0 Å². The third-order valence-corrected chi connectivity index (χ3v) is 4.81. The van der Waals surface area contributed by atoms with E-state index in [-0.39, 0.29) is 17.7 Å². The largest absolute Gasteiger partial charge is 0.345 e. The van der Waals surface area contributed by atoms with Crippen LogP contribution in [0.2, 0.25) is 0 Å². The van der Waals surface area contributed by atoms with E-state index in [4.69, 9.17) is 0 Å². The molecule has 0 unspecified atom stereocenters. The highest BCUT2D eigenvalue weighted by molar-refractivity contribution is 5.91. The number of hydrogen-bond donors (Lipinski definition) is 2. The summed E-state index contributed by atoms with van der Waals surface area (Å²) < 4.78 is 28.1. The summed E-state index contributed by atoms with van der Waals surface area (Å²) in [6, 6.07) is 13.0. The molecule has 0 saturated carbocycles. The Bertz CT molecular complexity index is 1300. The number of aromatic amines is 1. The summed E-state index contributed by atoms with van der Waals surface area (Å²) >= 11 is 0. The molecule has 6 nitrogen and oxygen atoms in total. The molecule has 2 heterocycles. The fourth-order valence-corrected chi connectivity index (χ4v) is 3.23. The van der Waals surface area contributed by atoms with Crippen LogP contribution in [-0.4, -0.2) is 20.5 Å². The van der Waals surface area contributed by atoms with Crippen LogP contribution >= 0.6 is 0 Å². The van der Waals surface area contributed by atoms with Gasteiger partial charge in [0.2, 0.25) is 5.82 Å². The lowest BCUT2D eigenvalue weighted by Gasteiger charge is -2.05. The van der Waals surface area contributed by atoms with Crippen molar-refractivity contribution in [3.05, 3.63) is 105 Å². The molecule has 2 N–H and O–H groups in total. The summed E-state index contributed by atoms with van der Waals surface area (Å²) in [4.78, 5) is 29.4. The molecule has 4 rings (SSSR count). The van der Waals surface area contributed by atoms with E-state index in [2.05, 4.69) is 15.4 Å². The molecular formula is C22H18F2N4O2. The molecule has 2 aromatic carbocycles. The van der Waals surface area contributed by atoms with Gasteiger partial charge >= 0.3 is 0 Å². The molecule has 0 saturated heterocycles. The molecule has 0 aliphatic carbocycles. The van der Waals surface area contributed by atoms with E-state index in [9.17, 15) is 18.4 Å². The van der Waals surface area contributed by atoms with Gasteiger partial charge in [-0.05, 0) is 30.2 Å². The highest BCUT2D eigenvalue weighted by Gasteiger charge is 2.16. The monoisotopic (exact) mass is 408 g/mol. The van der Waals surface area contributed by atoms with Crippen molar-refractivity contribution in [2.75, 3.05) is 0 Å². The number of aromatic nitrogens is 3. The minimum absolute atomic E-state index is 0.0680. The molecule has 0 atom stereocenters. The lowest BCUT2D eigenvalue weighted by atomic mass is 10.0. The van der Waals surface area contributed by atoms with Crippen LogP contribution in [0.15, 0.2) is 59.5 Å². The third kappa shape index (κ3) is 3.84. The van der Waals surface area contributed by atoms with Crippen LogP contribution in [0, 0.1) is 18.6 Å². The second-order valence-corrected chi connectivity index (χ2v) is 6.97. The second-order valence-electron chi connectivity index (χ2n) is 6.97. The molecule has 0 bridgehead atoms. The molecule has 4 aromatic rings. The zero-order valence-electron chi connectivity index (χ0n) is 16.1. The molecule has 30 heavy (non-hydrogen) atoms. The Kier molecular flexibility index (Phi) is 5.14. The smallest absolute Gasteiger partial charge is 0.288 e. The number of halogens is 2. The van der Waals surface area contributed by atoms with Gasteiger partial charge in [0.05, 0.1) is 0 Å². The standard InChI is InChI=1S/C22H18F2N4O2/c1-13-19(29)16(9-15-7-8-17(23)18(24)10-15)12-28-21(13)26-20(27-28)22(30)25-11-14-5-3-2-4-6-14/h2-8,10,12H,9,11H2,1H3,(H,25,30)(H,26,27). The molecule has 2 aromatic heterocycles. The first-order valence-electron chi connectivity index (χ1n) is 9.29. The number of pyridine rings is 1. The molecule has 8 heteroatoms. The highest BCUT2D eigenvalue weighted by atomic mass is 19.2. The topological polar surface area (TPSA) is 79.3 Å². The van der Waals surface area contributed by atoms with Gasteiger partial charge in [0, 0.05) is 30.3 Å². The number of nitrogens with one attached hydrogen (secondary N) is 2. The lowest BCUT2D eigenvalue weighted by molar-refractivity contribution is 0.0940. The summed E-state index contributed by atoms with van der Waals surface area (Å²) in [7, 11) is 0. The van der Waals surface area contributed by atoms with Crippen LogP contribution < -0.4 is 10.7 Å². The number of aryl methyl sites for hydroxylation is 1. The van der Waals surface area contributed by atoms with E-state index in [1.165, 1.54) is 16.8 Å². The first-order valence-corrected chi connectivity index (χ1v) is 9.29. The van der Waals surface area contributed by atoms with Gasteiger partial charge in [-0.15, -0.1) is 0 Å². The minimum Gasteiger partial charge on any atom is -0.345 e. The number of carbonyl (C=O) groups excluding carboxylic acids is 1. The van der Waals surface area contributed by atoms with Crippen molar-refractivity contribution in [1.29, 1.82) is 0 Å². The summed E-state index contributed by atoms with van der Waals surface area (Å²) in [5, 5.41) is 5.64. The summed E-state index contributed by atoms with van der Waals surface area (Å²) in [6.07, 6.45) is 1.64. The van der Waals surface area contributed by atoms with Crippen molar-refractivity contribution in [2.45, 2.75) is 19.9 Å². The van der Waals surface area contributed by atoms with Crippen LogP contribution in [0.3, 0.4) is 0 Å². The Morgan fingerprint density at radius 1 is 1.10 bits per heavy atom. The number of benzene rings is 2. The third-order valence-electron chi connectivity index (χ3n) is 4.81. The van der Waals surface area contributed by atoms with E-state index in [1.807, 2.05) is 30.3 Å². The SMILES string of the molecule is Cc1c(=O)c(Cc2ccc(F)c(F)c2)cn2[nH]c(C(=O)NCc3ccccc3)nc12. The first kappa shape index (κ1) is 19.5. The van der Waals surface area contributed by atoms with E-state index in [1.54, 1.807) is 6.92 Å². The van der Waals surface area contributed by atoms with Crippen molar-refractivity contribution < 1.29 is 13.6 Å². The average molecular weight is 408 g/mol. The molecule has 152 valence electrons. The molecule has 0 radical (unpaired) electrons. The van der Waals surface area contributed by atoms with Gasteiger partial charge in [-0.2, -0.15) is 0 Å². The maximum absolute atomic E-state index is 13.5. The van der Waals surface area contributed by atoms with Crippen LogP contribution in [0.4, 0.5) is 8.78 Å². The van der Waals surface area contributed by atoms with E-state index >= 15 is 0 Å². The Morgan fingerprint density at radius 3 is 2.60 bits per heavy atom. The van der Waals surface area contributed by atoms with E-state index < -0.39 is 17.5 Å². The Morgan fingerprint density at radius 2 is 1.87 bits per heavy atom. The van der Waals surface area contributed by atoms with Gasteiger partial charge in [0.15, 0.2) is 22.7 Å². The zero-order valence-corrected chi connectivity index (χ0v) is 16.1. The van der Waals surface area contributed by atoms with Crippen LogP contribution in [-0.2, 0) is 13.0 Å². The van der Waals surface area contributed by atoms with Crippen molar-refractivity contribution >= 4 is 11.6 Å². The number of nitrogens with zero attached hydrogens (tertiary/aromatic N) is 2. The van der Waals surface area contributed by atoms with Crippen molar-refractivity contribution in [3.8, 4) is 0 Å². The Hall–Kier alpha value is -3.81. The molecule has 0 aliphatic rings. The minimum atomic E-state index is -0.968. The number of H-pyrrole nitrogens is 1. The number of fused-ring (bicyclic) bond motifs is 1. The number of amides is 1. The lowest BCUT2D eigenvalue weighted by Crippen LogP contribution is -2.24. The van der Waals surface area contributed by atoms with Crippen LogP contribution in [0.1, 0.15) is 32.9 Å². The Balaban J connectivity index is 1.61. The van der Waals surface area contributed by atoms with Crippen LogP contribution in [0.5, 0.6) is 0 Å². The van der Waals surface area contributed by atoms with Gasteiger partial charge in [0.1, 0.15) is 0 Å². The molecule has 0 aliphatic heterocycles. The summed E-state index contributed by atoms with van der Waals surface area (Å²) in [5.74, 6) is -2.25. The number of rotatable bonds is 5. The van der Waals surface area contributed by atoms with Gasteiger partial charge < -0.3 is 5.32 Å². The summed E-state index contributed by atoms with van der Waals surface area (Å²) in [6.45, 7) is 1.95. The predicted molar refractivity (Wildman–Crippen MR) is 107 cm³/mol. The maximum atomic E-state index is 13.5. The van der Waals surface area contributed by atoms with Crippen molar-refractivity contribution in [2.24, 2.45) is 0 Å². The van der Waals surface area contributed by atoms with E-state index in [0.29, 0.717) is 28.9 Å². The first-order chi connectivity index (χ1) is 14.4. The molecule has 0 spiro atoms. The van der Waals surface area contributed by atoms with Gasteiger partial charge in [0.25, 0.3) is 5.91 Å². The quantitative estimate of drug-likeness (QED) is 0.533. The number of hydrogen-bond acceptors (Lipinski definition) is 3. The fraction of sp³-hybridized carbons (Fsp3) is 0.136. The Labute approximate surface area is 170 Å². The van der Waals surface area contributed by atoms with Gasteiger partial charge in [-0.25, -0.2) is 18.3 Å². The van der Waals surface area contributed by atoms with Crippen molar-refractivity contribution in [1.82, 2.24) is 19.9 Å². The predicted octanol–water partition coefficient (Wildman–Crippen LogP) is 3.13. The van der Waals surface area contributed by atoms with E-state index in [0.717, 1.165) is 17.7 Å². The fourth-order valence-electron chi connectivity index (χ4n) is 3.23. The zero-order chi connectivity index (χ0) is 21.3. The molecule has 1 amide bonds. The maximum Gasteiger partial charge on any atom is 0.288 e. The number of carbonyl (C=O) groups is 1.